The van der Waals surface area contributed by atoms with Gasteiger partial charge in [0.25, 0.3) is 0 Å². The zero-order valence-electron chi connectivity index (χ0n) is 32.6. The van der Waals surface area contributed by atoms with Crippen molar-refractivity contribution in [2.24, 2.45) is 0 Å². The highest BCUT2D eigenvalue weighted by Crippen LogP contribution is 2.46. The van der Waals surface area contributed by atoms with Gasteiger partial charge in [-0.15, -0.1) is 0 Å². The first kappa shape index (κ1) is 34.5. The SMILES string of the molecule is Cc1ccccc1-c1ccc(-c2cc(-c3ccc(-c4cc5c(-c6ccccc6)nc6ccccc6c5c5c4oc4ccccc45)cc3)nc(-c3ccccc3)n2)cc1C. The Hall–Kier alpha value is -7.69. The van der Waals surface area contributed by atoms with E-state index in [2.05, 4.69) is 172 Å². The molecule has 8 aromatic carbocycles. The first-order valence-corrected chi connectivity index (χ1v) is 20.0. The highest BCUT2D eigenvalue weighted by molar-refractivity contribution is 6.30. The molecule has 278 valence electrons. The zero-order valence-corrected chi connectivity index (χ0v) is 32.6. The summed E-state index contributed by atoms with van der Waals surface area (Å²) in [5.41, 5.74) is 16.5. The summed E-state index contributed by atoms with van der Waals surface area (Å²) in [4.78, 5) is 15.6. The van der Waals surface area contributed by atoms with Crippen LogP contribution in [0, 0.1) is 13.8 Å². The van der Waals surface area contributed by atoms with Crippen molar-refractivity contribution in [3.63, 3.8) is 0 Å². The summed E-state index contributed by atoms with van der Waals surface area (Å²) in [5, 5.41) is 5.54. The van der Waals surface area contributed by atoms with Gasteiger partial charge in [-0.3, -0.25) is 0 Å². The third-order valence-corrected chi connectivity index (χ3v) is 11.6. The molecule has 0 N–H and O–H groups in total. The summed E-state index contributed by atoms with van der Waals surface area (Å²) in [7, 11) is 0. The van der Waals surface area contributed by atoms with Gasteiger partial charge in [0.05, 0.1) is 22.6 Å². The Balaban J connectivity index is 1.08. The minimum atomic E-state index is 0.689. The molecule has 0 amide bonds. The maximum absolute atomic E-state index is 6.80. The predicted molar refractivity (Wildman–Crippen MR) is 244 cm³/mol. The Morgan fingerprint density at radius 1 is 0.373 bits per heavy atom. The lowest BCUT2D eigenvalue weighted by atomic mass is 9.91. The van der Waals surface area contributed by atoms with Crippen LogP contribution in [0.1, 0.15) is 11.1 Å². The van der Waals surface area contributed by atoms with E-state index in [-0.39, 0.29) is 0 Å². The lowest BCUT2D eigenvalue weighted by Crippen LogP contribution is -1.96. The number of rotatable bonds is 6. The number of benzene rings is 8. The first-order valence-electron chi connectivity index (χ1n) is 20.0. The molecule has 4 heteroatoms. The van der Waals surface area contributed by atoms with E-state index in [1.54, 1.807) is 0 Å². The Kier molecular flexibility index (Phi) is 8.23. The molecule has 4 nitrogen and oxygen atoms in total. The van der Waals surface area contributed by atoms with Crippen LogP contribution in [-0.4, -0.2) is 15.0 Å². The maximum Gasteiger partial charge on any atom is 0.160 e. The van der Waals surface area contributed by atoms with Crippen LogP contribution in [0.3, 0.4) is 0 Å². The predicted octanol–water partition coefficient (Wildman–Crippen LogP) is 14.7. The zero-order chi connectivity index (χ0) is 39.5. The van der Waals surface area contributed by atoms with Crippen LogP contribution in [0.25, 0.3) is 111 Å². The maximum atomic E-state index is 6.80. The molecule has 0 radical (unpaired) electrons. The van der Waals surface area contributed by atoms with E-state index in [4.69, 9.17) is 19.4 Å². The Bertz CT molecular complexity index is 3390. The molecule has 11 aromatic rings. The van der Waals surface area contributed by atoms with Crippen molar-refractivity contribution in [3.8, 4) is 67.4 Å². The molecule has 0 aliphatic rings. The molecule has 0 aliphatic carbocycles. The van der Waals surface area contributed by atoms with Crippen molar-refractivity contribution < 1.29 is 4.42 Å². The molecule has 11 rings (SSSR count). The summed E-state index contributed by atoms with van der Waals surface area (Å²) in [6.07, 6.45) is 0. The molecule has 0 bridgehead atoms. The second-order valence-electron chi connectivity index (χ2n) is 15.2. The quantitative estimate of drug-likeness (QED) is 0.159. The van der Waals surface area contributed by atoms with E-state index >= 15 is 0 Å². The van der Waals surface area contributed by atoms with E-state index < -0.39 is 0 Å². The lowest BCUT2D eigenvalue weighted by molar-refractivity contribution is 0.670. The summed E-state index contributed by atoms with van der Waals surface area (Å²) in [5.74, 6) is 0.689. The number of aryl methyl sites for hydroxylation is 2. The number of aromatic nitrogens is 3. The molecule has 0 fully saturated rings. The van der Waals surface area contributed by atoms with Crippen molar-refractivity contribution in [1.29, 1.82) is 0 Å². The van der Waals surface area contributed by atoms with Gasteiger partial charge >= 0.3 is 0 Å². The molecule has 0 atom stereocenters. The molecule has 59 heavy (non-hydrogen) atoms. The van der Waals surface area contributed by atoms with Gasteiger partial charge in [0, 0.05) is 54.7 Å². The highest BCUT2D eigenvalue weighted by Gasteiger charge is 2.22. The standard InChI is InChI=1S/C55H37N3O/c1-34-15-9-10-20-41(34)42-30-29-40(31-35(42)2)49-33-48(57-55(58-49)39-18-7-4-8-19-39)37-27-25-36(26-28-37)45-32-46-51(52-44-22-12-14-24-50(44)59-54(45)52)43-21-11-13-23-47(43)56-53(46)38-16-5-3-6-17-38/h3-33H,1-2H3. The van der Waals surface area contributed by atoms with Gasteiger partial charge in [0.2, 0.25) is 0 Å². The van der Waals surface area contributed by atoms with Crippen LogP contribution in [0.2, 0.25) is 0 Å². The molecular weight excluding hydrogens is 719 g/mol. The van der Waals surface area contributed by atoms with Crippen molar-refractivity contribution in [2.75, 3.05) is 0 Å². The minimum absolute atomic E-state index is 0.689. The topological polar surface area (TPSA) is 51.8 Å². The van der Waals surface area contributed by atoms with Crippen molar-refractivity contribution in [1.82, 2.24) is 15.0 Å². The lowest BCUT2D eigenvalue weighted by Gasteiger charge is -2.14. The van der Waals surface area contributed by atoms with E-state index in [1.165, 1.54) is 22.3 Å². The molecule has 0 aliphatic heterocycles. The normalized spacial score (nSPS) is 11.6. The van der Waals surface area contributed by atoms with Crippen LogP contribution in [-0.2, 0) is 0 Å². The van der Waals surface area contributed by atoms with E-state index in [9.17, 15) is 0 Å². The second kappa shape index (κ2) is 14.0. The third-order valence-electron chi connectivity index (χ3n) is 11.6. The van der Waals surface area contributed by atoms with Gasteiger partial charge in [-0.25, -0.2) is 15.0 Å². The van der Waals surface area contributed by atoms with E-state index in [0.717, 1.165) is 94.1 Å². The Morgan fingerprint density at radius 3 is 1.75 bits per heavy atom. The van der Waals surface area contributed by atoms with E-state index in [0.29, 0.717) is 5.82 Å². The number of para-hydroxylation sites is 2. The minimum Gasteiger partial charge on any atom is -0.455 e. The molecule has 3 aromatic heterocycles. The van der Waals surface area contributed by atoms with Crippen LogP contribution in [0.4, 0.5) is 0 Å². The van der Waals surface area contributed by atoms with Crippen molar-refractivity contribution >= 4 is 43.6 Å². The third kappa shape index (κ3) is 5.96. The van der Waals surface area contributed by atoms with Crippen LogP contribution in [0.15, 0.2) is 192 Å². The molecule has 0 saturated carbocycles. The highest BCUT2D eigenvalue weighted by atomic mass is 16.3. The molecule has 0 saturated heterocycles. The number of hydrogen-bond donors (Lipinski definition) is 0. The molecule has 0 unspecified atom stereocenters. The van der Waals surface area contributed by atoms with Gasteiger partial charge in [-0.05, 0) is 72.0 Å². The van der Waals surface area contributed by atoms with Gasteiger partial charge in [-0.2, -0.15) is 0 Å². The first-order chi connectivity index (χ1) is 29.1. The fraction of sp³-hybridized carbons (Fsp3) is 0.0364. The summed E-state index contributed by atoms with van der Waals surface area (Å²) < 4.78 is 6.80. The monoisotopic (exact) mass is 755 g/mol. The average molecular weight is 756 g/mol. The Labute approximate surface area is 342 Å². The fourth-order valence-corrected chi connectivity index (χ4v) is 8.64. The number of nitrogens with zero attached hydrogens (tertiary/aromatic N) is 3. The van der Waals surface area contributed by atoms with Crippen molar-refractivity contribution in [3.05, 3.63) is 199 Å². The molecular formula is C55H37N3O. The largest absolute Gasteiger partial charge is 0.455 e. The van der Waals surface area contributed by atoms with Crippen LogP contribution in [0.5, 0.6) is 0 Å². The van der Waals surface area contributed by atoms with E-state index in [1.807, 2.05) is 30.3 Å². The number of hydrogen-bond acceptors (Lipinski definition) is 4. The number of furan rings is 1. The summed E-state index contributed by atoms with van der Waals surface area (Å²) in [6.45, 7) is 4.34. The van der Waals surface area contributed by atoms with Gasteiger partial charge in [0.15, 0.2) is 5.82 Å². The molecule has 0 spiro atoms. The van der Waals surface area contributed by atoms with Crippen LogP contribution < -0.4 is 0 Å². The smallest absolute Gasteiger partial charge is 0.160 e. The molecule has 3 heterocycles. The van der Waals surface area contributed by atoms with Gasteiger partial charge < -0.3 is 4.42 Å². The fourth-order valence-electron chi connectivity index (χ4n) is 8.64. The van der Waals surface area contributed by atoms with Crippen molar-refractivity contribution in [2.45, 2.75) is 13.8 Å². The second-order valence-corrected chi connectivity index (χ2v) is 15.2. The van der Waals surface area contributed by atoms with Gasteiger partial charge in [-0.1, -0.05) is 158 Å². The number of fused-ring (bicyclic) bond motifs is 7. The summed E-state index contributed by atoms with van der Waals surface area (Å²) >= 11 is 0. The number of pyridine rings is 1. The average Bonchev–Trinajstić information content (AvgIpc) is 3.69. The summed E-state index contributed by atoms with van der Waals surface area (Å²) in [6, 6.07) is 65.8. The van der Waals surface area contributed by atoms with Crippen LogP contribution >= 0.6 is 0 Å². The van der Waals surface area contributed by atoms with Gasteiger partial charge in [0.1, 0.15) is 11.2 Å². The Morgan fingerprint density at radius 2 is 0.983 bits per heavy atom.